The molecule has 1 heterocycles. The molecular weight excluding hydrogens is 270 g/mol. The van der Waals surface area contributed by atoms with E-state index in [0.29, 0.717) is 18.7 Å². The first kappa shape index (κ1) is 11.6. The first-order chi connectivity index (χ1) is 7.39. The number of hydrogen-bond acceptors (Lipinski definition) is 2. The molecule has 1 amide bonds. The summed E-state index contributed by atoms with van der Waals surface area (Å²) in [6, 6.07) is 5.65. The lowest BCUT2D eigenvalue weighted by atomic mass is 9.96. The van der Waals surface area contributed by atoms with Gasteiger partial charge in [-0.15, -0.1) is 0 Å². The second-order valence-electron chi connectivity index (χ2n) is 4.64. The molecule has 1 fully saturated rings. The van der Waals surface area contributed by atoms with E-state index in [1.807, 2.05) is 25.1 Å². The highest BCUT2D eigenvalue weighted by Gasteiger charge is 2.39. The number of β-amino-alcohol motifs (C(OH)–C–C–N with tert-alkyl or cyclic N) is 1. The van der Waals surface area contributed by atoms with E-state index < -0.39 is 5.60 Å². The summed E-state index contributed by atoms with van der Waals surface area (Å²) in [6.45, 7) is 4.53. The van der Waals surface area contributed by atoms with E-state index in [2.05, 4.69) is 15.9 Å². The van der Waals surface area contributed by atoms with Crippen LogP contribution in [0, 0.1) is 6.92 Å². The van der Waals surface area contributed by atoms with Gasteiger partial charge in [-0.3, -0.25) is 4.79 Å². The number of hydrogen-bond donors (Lipinski definition) is 1. The smallest absolute Gasteiger partial charge is 0.255 e. The summed E-state index contributed by atoms with van der Waals surface area (Å²) in [7, 11) is 0. The highest BCUT2D eigenvalue weighted by Crippen LogP contribution is 2.25. The van der Waals surface area contributed by atoms with Gasteiger partial charge < -0.3 is 10.0 Å². The van der Waals surface area contributed by atoms with E-state index >= 15 is 0 Å². The van der Waals surface area contributed by atoms with Crippen LogP contribution in [0.4, 0.5) is 0 Å². The van der Waals surface area contributed by atoms with Gasteiger partial charge in [0.25, 0.3) is 5.91 Å². The van der Waals surface area contributed by atoms with Crippen molar-refractivity contribution in [2.24, 2.45) is 0 Å². The summed E-state index contributed by atoms with van der Waals surface area (Å²) in [5.41, 5.74) is 1.05. The minimum absolute atomic E-state index is 0.0293. The van der Waals surface area contributed by atoms with Crippen LogP contribution < -0.4 is 0 Å². The van der Waals surface area contributed by atoms with Crippen molar-refractivity contribution in [2.75, 3.05) is 13.1 Å². The molecule has 3 nitrogen and oxygen atoms in total. The molecule has 86 valence electrons. The third-order valence-electron chi connectivity index (χ3n) is 2.71. The minimum atomic E-state index is -0.715. The van der Waals surface area contributed by atoms with Crippen LogP contribution in [0.1, 0.15) is 22.8 Å². The van der Waals surface area contributed by atoms with Gasteiger partial charge in [-0.2, -0.15) is 0 Å². The molecule has 0 aliphatic carbocycles. The molecule has 16 heavy (non-hydrogen) atoms. The zero-order chi connectivity index (χ0) is 11.9. The molecule has 0 radical (unpaired) electrons. The largest absolute Gasteiger partial charge is 0.386 e. The fraction of sp³-hybridized carbons (Fsp3) is 0.417. The number of aliphatic hydroxyl groups is 1. The van der Waals surface area contributed by atoms with Crippen LogP contribution in [0.25, 0.3) is 0 Å². The average Bonchev–Trinajstić information content (AvgIpc) is 2.13. The second-order valence-corrected chi connectivity index (χ2v) is 5.50. The van der Waals surface area contributed by atoms with E-state index in [9.17, 15) is 9.90 Å². The number of carbonyl (C=O) groups is 1. The van der Waals surface area contributed by atoms with Gasteiger partial charge in [0.05, 0.1) is 24.3 Å². The summed E-state index contributed by atoms with van der Waals surface area (Å²) in [6.07, 6.45) is 0. The van der Waals surface area contributed by atoms with Gasteiger partial charge in [0.1, 0.15) is 0 Å². The van der Waals surface area contributed by atoms with Crippen molar-refractivity contribution in [3.8, 4) is 0 Å². The lowest BCUT2D eigenvalue weighted by molar-refractivity contribution is -0.0669. The van der Waals surface area contributed by atoms with E-state index in [-0.39, 0.29) is 5.91 Å². The van der Waals surface area contributed by atoms with Gasteiger partial charge in [-0.1, -0.05) is 6.07 Å². The Morgan fingerprint density at radius 2 is 2.12 bits per heavy atom. The Bertz CT molecular complexity index is 435. The molecule has 0 saturated carbocycles. The van der Waals surface area contributed by atoms with Gasteiger partial charge in [-0.05, 0) is 47.5 Å². The number of carbonyl (C=O) groups excluding carboxylic acids is 1. The van der Waals surface area contributed by atoms with Gasteiger partial charge in [0.15, 0.2) is 0 Å². The molecule has 0 spiro atoms. The molecule has 0 aromatic heterocycles. The molecule has 0 atom stereocenters. The molecule has 1 aliphatic heterocycles. The van der Waals surface area contributed by atoms with Crippen LogP contribution in [-0.4, -0.2) is 34.6 Å². The number of aryl methyl sites for hydroxylation is 1. The molecule has 0 bridgehead atoms. The van der Waals surface area contributed by atoms with E-state index in [1.165, 1.54) is 0 Å². The van der Waals surface area contributed by atoms with Crippen LogP contribution in [0.5, 0.6) is 0 Å². The maximum absolute atomic E-state index is 12.0. The lowest BCUT2D eigenvalue weighted by Gasteiger charge is -2.44. The summed E-state index contributed by atoms with van der Waals surface area (Å²) < 4.78 is 0.809. The van der Waals surface area contributed by atoms with Crippen LogP contribution in [0.3, 0.4) is 0 Å². The highest BCUT2D eigenvalue weighted by atomic mass is 79.9. The van der Waals surface area contributed by atoms with Crippen molar-refractivity contribution in [3.63, 3.8) is 0 Å². The number of halogens is 1. The number of amides is 1. The Morgan fingerprint density at radius 1 is 1.50 bits per heavy atom. The summed E-state index contributed by atoms with van der Waals surface area (Å²) in [5.74, 6) is -0.0293. The normalized spacial score (nSPS) is 18.1. The van der Waals surface area contributed by atoms with E-state index in [4.69, 9.17) is 0 Å². The summed E-state index contributed by atoms with van der Waals surface area (Å²) in [4.78, 5) is 13.7. The average molecular weight is 284 g/mol. The first-order valence-electron chi connectivity index (χ1n) is 5.17. The highest BCUT2D eigenvalue weighted by molar-refractivity contribution is 9.10. The quantitative estimate of drug-likeness (QED) is 0.856. The van der Waals surface area contributed by atoms with Crippen molar-refractivity contribution < 1.29 is 9.90 Å². The standard InChI is InChI=1S/C12H14BrNO2/c1-8-3-4-9(10(13)5-8)11(15)14-6-12(2,16)7-14/h3-5,16H,6-7H2,1-2H3. The van der Waals surface area contributed by atoms with E-state index in [1.54, 1.807) is 11.8 Å². The van der Waals surface area contributed by atoms with Crippen LogP contribution >= 0.6 is 15.9 Å². The van der Waals surface area contributed by atoms with Crippen LogP contribution in [0.15, 0.2) is 22.7 Å². The fourth-order valence-electron chi connectivity index (χ4n) is 1.88. The molecule has 1 N–H and O–H groups in total. The zero-order valence-corrected chi connectivity index (χ0v) is 10.9. The van der Waals surface area contributed by atoms with Crippen molar-refractivity contribution in [2.45, 2.75) is 19.4 Å². The lowest BCUT2D eigenvalue weighted by Crippen LogP contribution is -2.61. The topological polar surface area (TPSA) is 40.5 Å². The Morgan fingerprint density at radius 3 is 2.62 bits per heavy atom. The second kappa shape index (κ2) is 3.86. The first-order valence-corrected chi connectivity index (χ1v) is 5.96. The maximum atomic E-state index is 12.0. The molecule has 1 aromatic carbocycles. The van der Waals surface area contributed by atoms with Gasteiger partial charge >= 0.3 is 0 Å². The van der Waals surface area contributed by atoms with Crippen molar-refractivity contribution in [1.29, 1.82) is 0 Å². The molecule has 1 aliphatic rings. The molecule has 1 saturated heterocycles. The monoisotopic (exact) mass is 283 g/mol. The molecule has 2 rings (SSSR count). The van der Waals surface area contributed by atoms with Crippen molar-refractivity contribution >= 4 is 21.8 Å². The van der Waals surface area contributed by atoms with E-state index in [0.717, 1.165) is 10.0 Å². The third-order valence-corrected chi connectivity index (χ3v) is 3.36. The Hall–Kier alpha value is -0.870. The van der Waals surface area contributed by atoms with Crippen LogP contribution in [0.2, 0.25) is 0 Å². The predicted octanol–water partition coefficient (Wildman–Crippen LogP) is 1.96. The molecular formula is C12H14BrNO2. The summed E-state index contributed by atoms with van der Waals surface area (Å²) >= 11 is 3.39. The third kappa shape index (κ3) is 2.13. The maximum Gasteiger partial charge on any atom is 0.255 e. The molecule has 1 aromatic rings. The summed E-state index contributed by atoms with van der Waals surface area (Å²) in [5, 5.41) is 9.59. The van der Waals surface area contributed by atoms with Gasteiger partial charge in [0, 0.05) is 4.47 Å². The minimum Gasteiger partial charge on any atom is -0.386 e. The molecule has 0 unspecified atom stereocenters. The molecule has 4 heteroatoms. The number of likely N-dealkylation sites (tertiary alicyclic amines) is 1. The zero-order valence-electron chi connectivity index (χ0n) is 9.33. The number of nitrogens with zero attached hydrogens (tertiary/aromatic N) is 1. The fourth-order valence-corrected chi connectivity index (χ4v) is 2.55. The Kier molecular flexibility index (Phi) is 2.80. The van der Waals surface area contributed by atoms with Gasteiger partial charge in [-0.25, -0.2) is 0 Å². The van der Waals surface area contributed by atoms with Crippen molar-refractivity contribution in [1.82, 2.24) is 4.90 Å². The Balaban J connectivity index is 2.16. The Labute approximate surface area is 103 Å². The predicted molar refractivity (Wildman–Crippen MR) is 65.4 cm³/mol. The van der Waals surface area contributed by atoms with Crippen molar-refractivity contribution in [3.05, 3.63) is 33.8 Å². The van der Waals surface area contributed by atoms with Crippen LogP contribution in [-0.2, 0) is 0 Å². The number of benzene rings is 1. The number of rotatable bonds is 1. The van der Waals surface area contributed by atoms with Gasteiger partial charge in [0.2, 0.25) is 0 Å². The SMILES string of the molecule is Cc1ccc(C(=O)N2CC(C)(O)C2)c(Br)c1.